The van der Waals surface area contributed by atoms with Crippen molar-refractivity contribution in [2.45, 2.75) is 57.3 Å². The summed E-state index contributed by atoms with van der Waals surface area (Å²) in [5, 5.41) is 6.42. The van der Waals surface area contributed by atoms with Crippen molar-refractivity contribution < 1.29 is 9.22 Å². The fourth-order valence-electron chi connectivity index (χ4n) is 2.20. The van der Waals surface area contributed by atoms with Crippen LogP contribution in [0.2, 0.25) is 18.1 Å². The van der Waals surface area contributed by atoms with E-state index in [-0.39, 0.29) is 16.5 Å². The summed E-state index contributed by atoms with van der Waals surface area (Å²) >= 11 is 5.25. The highest BCUT2D eigenvalue weighted by Crippen LogP contribution is 2.47. The smallest absolute Gasteiger partial charge is 0.257 e. The van der Waals surface area contributed by atoms with Gasteiger partial charge in [0.25, 0.3) is 5.91 Å². The van der Waals surface area contributed by atoms with Crippen LogP contribution in [0.25, 0.3) is 0 Å². The first kappa shape index (κ1) is 19.1. The maximum absolute atomic E-state index is 12.1. The monoisotopic (exact) mass is 364 g/mol. The number of rotatable bonds is 5. The lowest BCUT2D eigenvalue weighted by atomic mass is 10.2. The van der Waals surface area contributed by atoms with Crippen molar-refractivity contribution in [2.24, 2.45) is 0 Å². The Morgan fingerprint density at radius 2 is 1.83 bits per heavy atom. The second kappa shape index (κ2) is 6.94. The van der Waals surface area contributed by atoms with E-state index in [1.807, 2.05) is 18.2 Å². The minimum Gasteiger partial charge on any atom is -0.410 e. The van der Waals surface area contributed by atoms with Gasteiger partial charge in [-0.05, 0) is 55.3 Å². The third kappa shape index (κ3) is 4.88. The van der Waals surface area contributed by atoms with Gasteiger partial charge in [0.2, 0.25) is 0 Å². The van der Waals surface area contributed by atoms with Crippen LogP contribution in [0.15, 0.2) is 30.3 Å². The Morgan fingerprint density at radius 1 is 1.25 bits per heavy atom. The Balaban J connectivity index is 1.85. The third-order valence-electron chi connectivity index (χ3n) is 4.92. The van der Waals surface area contributed by atoms with Gasteiger partial charge in [-0.3, -0.25) is 10.1 Å². The van der Waals surface area contributed by atoms with Gasteiger partial charge in [0.15, 0.2) is 13.4 Å². The van der Waals surface area contributed by atoms with Crippen LogP contribution < -0.4 is 10.6 Å². The van der Waals surface area contributed by atoms with E-state index in [0.29, 0.717) is 17.2 Å². The Labute approximate surface area is 151 Å². The van der Waals surface area contributed by atoms with Crippen molar-refractivity contribution in [3.8, 4) is 0 Å². The van der Waals surface area contributed by atoms with Crippen LogP contribution in [-0.4, -0.2) is 31.5 Å². The van der Waals surface area contributed by atoms with E-state index < -0.39 is 8.32 Å². The Bertz CT molecular complexity index is 607. The predicted molar refractivity (Wildman–Crippen MR) is 105 cm³/mol. The van der Waals surface area contributed by atoms with Gasteiger partial charge in [-0.15, -0.1) is 0 Å². The molecule has 1 aromatic carbocycles. The van der Waals surface area contributed by atoms with Crippen molar-refractivity contribution >= 4 is 31.6 Å². The van der Waals surface area contributed by atoms with E-state index in [1.54, 1.807) is 12.1 Å². The van der Waals surface area contributed by atoms with E-state index in [0.717, 1.165) is 12.8 Å². The zero-order valence-electron chi connectivity index (χ0n) is 15.2. The summed E-state index contributed by atoms with van der Waals surface area (Å²) in [4.78, 5) is 12.1. The summed E-state index contributed by atoms with van der Waals surface area (Å²) in [7, 11) is -1.81. The third-order valence-corrected chi connectivity index (χ3v) is 9.72. The number of benzene rings is 1. The average Bonchev–Trinajstić information content (AvgIpc) is 3.24. The second-order valence-corrected chi connectivity index (χ2v) is 13.2. The van der Waals surface area contributed by atoms with Gasteiger partial charge < -0.3 is 9.74 Å². The first-order valence-corrected chi connectivity index (χ1v) is 11.7. The highest BCUT2D eigenvalue weighted by atomic mass is 32.1. The van der Waals surface area contributed by atoms with Crippen molar-refractivity contribution in [2.75, 3.05) is 6.54 Å². The number of hydrogen-bond acceptors (Lipinski definition) is 3. The van der Waals surface area contributed by atoms with Crippen molar-refractivity contribution in [1.82, 2.24) is 10.6 Å². The van der Waals surface area contributed by atoms with E-state index in [1.165, 1.54) is 0 Å². The van der Waals surface area contributed by atoms with Gasteiger partial charge in [0.05, 0.1) is 5.60 Å². The lowest BCUT2D eigenvalue weighted by Crippen LogP contribution is -2.49. The summed E-state index contributed by atoms with van der Waals surface area (Å²) in [6.45, 7) is 11.9. The second-order valence-electron chi connectivity index (χ2n) is 8.05. The van der Waals surface area contributed by atoms with Gasteiger partial charge in [-0.2, -0.15) is 0 Å². The molecule has 0 heterocycles. The van der Waals surface area contributed by atoms with Gasteiger partial charge >= 0.3 is 0 Å². The molecule has 132 valence electrons. The largest absolute Gasteiger partial charge is 0.410 e. The number of amides is 1. The molecule has 0 saturated heterocycles. The van der Waals surface area contributed by atoms with Gasteiger partial charge in [-0.1, -0.05) is 39.0 Å². The topological polar surface area (TPSA) is 50.4 Å². The van der Waals surface area contributed by atoms with Crippen molar-refractivity contribution in [3.05, 3.63) is 35.9 Å². The Hall–Kier alpha value is -1.24. The molecule has 0 bridgehead atoms. The van der Waals surface area contributed by atoms with Gasteiger partial charge in [-0.25, -0.2) is 0 Å². The molecule has 1 aliphatic rings. The van der Waals surface area contributed by atoms with E-state index in [2.05, 4.69) is 44.5 Å². The van der Waals surface area contributed by atoms with Gasteiger partial charge in [0, 0.05) is 12.1 Å². The molecule has 2 N–H and O–H groups in total. The molecule has 1 saturated carbocycles. The van der Waals surface area contributed by atoms with Crippen molar-refractivity contribution in [1.29, 1.82) is 0 Å². The van der Waals surface area contributed by atoms with Crippen LogP contribution in [0.3, 0.4) is 0 Å². The highest BCUT2D eigenvalue weighted by Gasteiger charge is 2.51. The van der Waals surface area contributed by atoms with Crippen LogP contribution in [0, 0.1) is 0 Å². The summed E-state index contributed by atoms with van der Waals surface area (Å²) in [5.74, 6) is -0.191. The molecule has 4 nitrogen and oxygen atoms in total. The molecule has 2 rings (SSSR count). The van der Waals surface area contributed by atoms with Crippen LogP contribution >= 0.6 is 12.2 Å². The molecule has 0 atom stereocenters. The molecule has 0 aromatic heterocycles. The molecule has 1 amide bonds. The quantitative estimate of drug-likeness (QED) is 0.615. The zero-order chi connectivity index (χ0) is 18.0. The minimum atomic E-state index is -1.81. The van der Waals surface area contributed by atoms with E-state index in [4.69, 9.17) is 16.6 Å². The number of hydrogen-bond donors (Lipinski definition) is 2. The number of thiocarbonyl (C=S) groups is 1. The van der Waals surface area contributed by atoms with Crippen LogP contribution in [-0.2, 0) is 4.43 Å². The first-order valence-electron chi connectivity index (χ1n) is 8.39. The molecule has 0 spiro atoms. The molecule has 1 fully saturated rings. The molecular weight excluding hydrogens is 336 g/mol. The fourth-order valence-corrected chi connectivity index (χ4v) is 4.03. The standard InChI is InChI=1S/C18H28N2O2SSi/c1-17(2,3)24(4,5)22-18(11-12-18)13-19-16(23)20-15(21)14-9-7-6-8-10-14/h6-10H,11-13H2,1-5H3,(H2,19,20,21,23). The molecule has 0 aliphatic heterocycles. The summed E-state index contributed by atoms with van der Waals surface area (Å²) in [6.07, 6.45) is 2.09. The predicted octanol–water partition coefficient (Wildman–Crippen LogP) is 3.85. The highest BCUT2D eigenvalue weighted by molar-refractivity contribution is 7.80. The van der Waals surface area contributed by atoms with E-state index in [9.17, 15) is 4.79 Å². The molecule has 6 heteroatoms. The molecular formula is C18H28N2O2SSi. The Morgan fingerprint density at radius 3 is 2.33 bits per heavy atom. The normalized spacial score (nSPS) is 16.4. The fraction of sp³-hybridized carbons (Fsp3) is 0.556. The number of nitrogens with one attached hydrogen (secondary N) is 2. The molecule has 1 aromatic rings. The molecule has 24 heavy (non-hydrogen) atoms. The average molecular weight is 365 g/mol. The minimum absolute atomic E-state index is 0.120. The van der Waals surface area contributed by atoms with E-state index >= 15 is 0 Å². The zero-order valence-corrected chi connectivity index (χ0v) is 17.0. The first-order chi connectivity index (χ1) is 11.0. The van der Waals surface area contributed by atoms with Crippen LogP contribution in [0.4, 0.5) is 0 Å². The summed E-state index contributed by atoms with van der Waals surface area (Å²) < 4.78 is 6.54. The summed E-state index contributed by atoms with van der Waals surface area (Å²) in [6, 6.07) is 9.07. The van der Waals surface area contributed by atoms with Crippen LogP contribution in [0.1, 0.15) is 44.0 Å². The Kier molecular flexibility index (Phi) is 5.52. The van der Waals surface area contributed by atoms with Crippen molar-refractivity contribution in [3.63, 3.8) is 0 Å². The molecule has 1 aliphatic carbocycles. The SMILES string of the molecule is CC(C)(C)[Si](C)(C)OC1(CNC(=S)NC(=O)c2ccccc2)CC1. The number of carbonyl (C=O) groups excluding carboxylic acids is 1. The lowest BCUT2D eigenvalue weighted by molar-refractivity contribution is 0.0975. The number of carbonyl (C=O) groups is 1. The molecule has 0 unspecified atom stereocenters. The molecule has 0 radical (unpaired) electrons. The maximum atomic E-state index is 12.1. The summed E-state index contributed by atoms with van der Waals surface area (Å²) in [5.41, 5.74) is 0.477. The maximum Gasteiger partial charge on any atom is 0.257 e. The lowest BCUT2D eigenvalue weighted by Gasteiger charge is -2.39. The van der Waals surface area contributed by atoms with Crippen LogP contribution in [0.5, 0.6) is 0 Å². The van der Waals surface area contributed by atoms with Gasteiger partial charge in [0.1, 0.15) is 0 Å².